The second-order valence-corrected chi connectivity index (χ2v) is 7.27. The first-order valence-corrected chi connectivity index (χ1v) is 9.47. The van der Waals surface area contributed by atoms with Crippen LogP contribution < -0.4 is 10.6 Å². The van der Waals surface area contributed by atoms with Crippen LogP contribution in [-0.4, -0.2) is 48.4 Å². The van der Waals surface area contributed by atoms with E-state index in [0.717, 1.165) is 48.7 Å². The Bertz CT molecular complexity index is 801. The third-order valence-corrected chi connectivity index (χ3v) is 5.61. The molecule has 2 atom stereocenters. The lowest BCUT2D eigenvalue weighted by Crippen LogP contribution is -2.47. The summed E-state index contributed by atoms with van der Waals surface area (Å²) in [6.07, 6.45) is 3.45. The lowest BCUT2D eigenvalue weighted by Gasteiger charge is -2.28. The number of nitrogens with zero attached hydrogens (tertiary/aromatic N) is 1. The zero-order valence-corrected chi connectivity index (χ0v) is 14.9. The highest BCUT2D eigenvalue weighted by atomic mass is 16.2. The maximum atomic E-state index is 12.7. The standard InChI is InChI=1S/C21H25N3O2/c25-20(12-16-6-3-5-15-4-1-2-7-19(15)16)23-14-21(26)24-17-8-9-18(24)13-22-11-10-17/h1-7,17-18,22H,8-14H2,(H,23,25). The maximum Gasteiger partial charge on any atom is 0.242 e. The quantitative estimate of drug-likeness (QED) is 0.884. The SMILES string of the molecule is O=C(Cc1cccc2ccccc12)NCC(=O)N1C2CCNCC1CC2. The highest BCUT2D eigenvalue weighted by molar-refractivity contribution is 5.91. The summed E-state index contributed by atoms with van der Waals surface area (Å²) in [4.78, 5) is 27.1. The van der Waals surface area contributed by atoms with E-state index in [4.69, 9.17) is 0 Å². The van der Waals surface area contributed by atoms with Crippen molar-refractivity contribution in [3.05, 3.63) is 48.0 Å². The van der Waals surface area contributed by atoms with Gasteiger partial charge in [0.15, 0.2) is 0 Å². The van der Waals surface area contributed by atoms with Crippen LogP contribution in [0.25, 0.3) is 10.8 Å². The lowest BCUT2D eigenvalue weighted by atomic mass is 10.0. The Hall–Kier alpha value is -2.40. The van der Waals surface area contributed by atoms with Crippen molar-refractivity contribution in [3.8, 4) is 0 Å². The molecule has 0 saturated carbocycles. The monoisotopic (exact) mass is 351 g/mol. The van der Waals surface area contributed by atoms with E-state index in [9.17, 15) is 9.59 Å². The van der Waals surface area contributed by atoms with Gasteiger partial charge in [0.1, 0.15) is 0 Å². The Morgan fingerprint density at radius 3 is 2.77 bits per heavy atom. The van der Waals surface area contributed by atoms with Crippen molar-refractivity contribution in [2.45, 2.75) is 37.8 Å². The number of carbonyl (C=O) groups is 2. The Morgan fingerprint density at radius 2 is 1.85 bits per heavy atom. The number of carbonyl (C=O) groups excluding carboxylic acids is 2. The molecule has 2 saturated heterocycles. The number of amides is 2. The maximum absolute atomic E-state index is 12.7. The lowest BCUT2D eigenvalue weighted by molar-refractivity contribution is -0.134. The van der Waals surface area contributed by atoms with Crippen LogP contribution in [0.1, 0.15) is 24.8 Å². The number of rotatable bonds is 4. The number of nitrogens with one attached hydrogen (secondary N) is 2. The number of hydrogen-bond donors (Lipinski definition) is 2. The van der Waals surface area contributed by atoms with Gasteiger partial charge in [0.25, 0.3) is 0 Å². The first kappa shape index (κ1) is 17.0. The van der Waals surface area contributed by atoms with Crippen molar-refractivity contribution in [1.29, 1.82) is 0 Å². The van der Waals surface area contributed by atoms with Crippen LogP contribution in [0, 0.1) is 0 Å². The van der Waals surface area contributed by atoms with Gasteiger partial charge in [-0.25, -0.2) is 0 Å². The van der Waals surface area contributed by atoms with Crippen molar-refractivity contribution >= 4 is 22.6 Å². The van der Waals surface area contributed by atoms with Crippen LogP contribution in [0.15, 0.2) is 42.5 Å². The molecule has 2 aliphatic heterocycles. The summed E-state index contributed by atoms with van der Waals surface area (Å²) >= 11 is 0. The van der Waals surface area contributed by atoms with Gasteiger partial charge in [-0.1, -0.05) is 42.5 Å². The van der Waals surface area contributed by atoms with Crippen LogP contribution >= 0.6 is 0 Å². The molecule has 2 aromatic carbocycles. The van der Waals surface area contributed by atoms with E-state index in [1.807, 2.05) is 47.4 Å². The molecule has 2 amide bonds. The van der Waals surface area contributed by atoms with Gasteiger partial charge in [0.05, 0.1) is 13.0 Å². The molecule has 0 radical (unpaired) electrons. The van der Waals surface area contributed by atoms with Crippen LogP contribution in [0.3, 0.4) is 0 Å². The number of fused-ring (bicyclic) bond motifs is 3. The molecule has 2 N–H and O–H groups in total. The minimum Gasteiger partial charge on any atom is -0.347 e. The zero-order valence-electron chi connectivity index (χ0n) is 14.9. The molecule has 0 spiro atoms. The zero-order chi connectivity index (χ0) is 17.9. The Labute approximate surface area is 153 Å². The van der Waals surface area contributed by atoms with E-state index < -0.39 is 0 Å². The largest absolute Gasteiger partial charge is 0.347 e. The molecule has 4 rings (SSSR count). The van der Waals surface area contributed by atoms with Crippen molar-refractivity contribution in [2.24, 2.45) is 0 Å². The first-order valence-electron chi connectivity index (χ1n) is 9.47. The minimum absolute atomic E-state index is 0.0486. The van der Waals surface area contributed by atoms with Crippen LogP contribution in [0.2, 0.25) is 0 Å². The molecular weight excluding hydrogens is 326 g/mol. The number of hydrogen-bond acceptors (Lipinski definition) is 3. The normalized spacial score (nSPS) is 22.2. The van der Waals surface area contributed by atoms with Gasteiger partial charge in [0.2, 0.25) is 11.8 Å². The van der Waals surface area contributed by atoms with Crippen LogP contribution in [-0.2, 0) is 16.0 Å². The molecule has 2 aromatic rings. The summed E-state index contributed by atoms with van der Waals surface area (Å²) in [6.45, 7) is 1.93. The van der Waals surface area contributed by atoms with E-state index in [1.54, 1.807) is 0 Å². The number of benzene rings is 2. The summed E-state index contributed by atoms with van der Waals surface area (Å²) in [5, 5.41) is 8.45. The van der Waals surface area contributed by atoms with Crippen LogP contribution in [0.4, 0.5) is 0 Å². The van der Waals surface area contributed by atoms with E-state index in [1.165, 1.54) is 0 Å². The van der Waals surface area contributed by atoms with Crippen molar-refractivity contribution in [3.63, 3.8) is 0 Å². The molecule has 136 valence electrons. The van der Waals surface area contributed by atoms with Gasteiger partial charge in [-0.05, 0) is 42.1 Å². The van der Waals surface area contributed by atoms with E-state index >= 15 is 0 Å². The molecule has 0 aliphatic carbocycles. The molecular formula is C21H25N3O2. The van der Waals surface area contributed by atoms with E-state index in [2.05, 4.69) is 10.6 Å². The molecule has 5 nitrogen and oxygen atoms in total. The Morgan fingerprint density at radius 1 is 1.04 bits per heavy atom. The highest BCUT2D eigenvalue weighted by Gasteiger charge is 2.37. The molecule has 5 heteroatoms. The molecule has 2 fully saturated rings. The summed E-state index contributed by atoms with van der Waals surface area (Å²) in [7, 11) is 0. The fourth-order valence-corrected chi connectivity index (χ4v) is 4.34. The van der Waals surface area contributed by atoms with Crippen LogP contribution in [0.5, 0.6) is 0 Å². The summed E-state index contributed by atoms with van der Waals surface area (Å²) in [6, 6.07) is 14.7. The second-order valence-electron chi connectivity index (χ2n) is 7.27. The fourth-order valence-electron chi connectivity index (χ4n) is 4.34. The Balaban J connectivity index is 1.37. The predicted molar refractivity (Wildman–Crippen MR) is 102 cm³/mol. The van der Waals surface area contributed by atoms with Crippen molar-refractivity contribution in [2.75, 3.05) is 19.6 Å². The average molecular weight is 351 g/mol. The van der Waals surface area contributed by atoms with E-state index in [0.29, 0.717) is 12.5 Å². The summed E-state index contributed by atoms with van der Waals surface area (Å²) in [5.41, 5.74) is 0.993. The van der Waals surface area contributed by atoms with Gasteiger partial charge in [-0.15, -0.1) is 0 Å². The highest BCUT2D eigenvalue weighted by Crippen LogP contribution is 2.27. The minimum atomic E-state index is -0.102. The summed E-state index contributed by atoms with van der Waals surface area (Å²) < 4.78 is 0. The van der Waals surface area contributed by atoms with Gasteiger partial charge < -0.3 is 15.5 Å². The van der Waals surface area contributed by atoms with Crippen molar-refractivity contribution in [1.82, 2.24) is 15.5 Å². The van der Waals surface area contributed by atoms with Crippen molar-refractivity contribution < 1.29 is 9.59 Å². The topological polar surface area (TPSA) is 61.4 Å². The molecule has 2 heterocycles. The van der Waals surface area contributed by atoms with Gasteiger partial charge in [0, 0.05) is 18.6 Å². The smallest absolute Gasteiger partial charge is 0.242 e. The molecule has 2 bridgehead atoms. The molecule has 26 heavy (non-hydrogen) atoms. The molecule has 2 unspecified atom stereocenters. The fraction of sp³-hybridized carbons (Fsp3) is 0.429. The third kappa shape index (κ3) is 3.44. The molecule has 0 aromatic heterocycles. The molecule has 2 aliphatic rings. The second kappa shape index (κ2) is 7.46. The van der Waals surface area contributed by atoms with Gasteiger partial charge in [-0.3, -0.25) is 9.59 Å². The average Bonchev–Trinajstić information content (AvgIpc) is 2.93. The third-order valence-electron chi connectivity index (χ3n) is 5.61. The van der Waals surface area contributed by atoms with E-state index in [-0.39, 0.29) is 24.4 Å². The summed E-state index contributed by atoms with van der Waals surface area (Å²) in [5.74, 6) is -0.0533. The predicted octanol–water partition coefficient (Wildman–Crippen LogP) is 1.85. The first-order chi connectivity index (χ1) is 12.7. The van der Waals surface area contributed by atoms with Gasteiger partial charge in [-0.2, -0.15) is 0 Å². The Kier molecular flexibility index (Phi) is 4.89. The van der Waals surface area contributed by atoms with Gasteiger partial charge >= 0.3 is 0 Å².